The van der Waals surface area contributed by atoms with Crippen molar-refractivity contribution in [3.05, 3.63) is 47.9 Å². The first-order valence-electron chi connectivity index (χ1n) is 5.53. The number of fused-ring (bicyclic) bond motifs is 1. The molecule has 3 heteroatoms. The first-order chi connectivity index (χ1) is 8.22. The SMILES string of the molecule is Cc1cccc(-c2ccc3oc(C)nc3n2)c1. The van der Waals surface area contributed by atoms with Gasteiger partial charge in [-0.05, 0) is 25.1 Å². The standard InChI is InChI=1S/C14H12N2O/c1-9-4-3-5-11(8-9)12-6-7-13-14(16-12)15-10(2)17-13/h3-8H,1-2H3. The van der Waals surface area contributed by atoms with E-state index in [0.717, 1.165) is 16.8 Å². The Morgan fingerprint density at radius 1 is 1.00 bits per heavy atom. The summed E-state index contributed by atoms with van der Waals surface area (Å²) in [4.78, 5) is 8.75. The minimum absolute atomic E-state index is 0.647. The van der Waals surface area contributed by atoms with Crippen LogP contribution >= 0.6 is 0 Å². The van der Waals surface area contributed by atoms with Gasteiger partial charge < -0.3 is 4.42 Å². The van der Waals surface area contributed by atoms with Gasteiger partial charge in [-0.3, -0.25) is 0 Å². The third kappa shape index (κ3) is 1.80. The van der Waals surface area contributed by atoms with E-state index in [1.807, 2.05) is 31.2 Å². The van der Waals surface area contributed by atoms with E-state index >= 15 is 0 Å². The molecule has 17 heavy (non-hydrogen) atoms. The smallest absolute Gasteiger partial charge is 0.199 e. The fraction of sp³-hybridized carbons (Fsp3) is 0.143. The van der Waals surface area contributed by atoms with Crippen molar-refractivity contribution in [3.63, 3.8) is 0 Å². The average molecular weight is 224 g/mol. The molecule has 3 nitrogen and oxygen atoms in total. The van der Waals surface area contributed by atoms with Crippen LogP contribution < -0.4 is 0 Å². The molecular formula is C14H12N2O. The molecule has 84 valence electrons. The van der Waals surface area contributed by atoms with Gasteiger partial charge in [0.2, 0.25) is 0 Å². The first kappa shape index (κ1) is 10.0. The molecule has 0 spiro atoms. The van der Waals surface area contributed by atoms with Crippen molar-refractivity contribution in [3.8, 4) is 11.3 Å². The third-order valence-corrected chi connectivity index (χ3v) is 2.67. The lowest BCUT2D eigenvalue weighted by Gasteiger charge is -2.01. The van der Waals surface area contributed by atoms with Crippen molar-refractivity contribution in [2.24, 2.45) is 0 Å². The predicted octanol–water partition coefficient (Wildman–Crippen LogP) is 3.51. The largest absolute Gasteiger partial charge is 0.439 e. The highest BCUT2D eigenvalue weighted by Crippen LogP contribution is 2.21. The summed E-state index contributed by atoms with van der Waals surface area (Å²) in [6.07, 6.45) is 0. The van der Waals surface area contributed by atoms with Crippen LogP contribution in [-0.2, 0) is 0 Å². The molecule has 0 aliphatic rings. The quantitative estimate of drug-likeness (QED) is 0.635. The minimum atomic E-state index is 0.647. The lowest BCUT2D eigenvalue weighted by Crippen LogP contribution is -1.85. The van der Waals surface area contributed by atoms with Crippen molar-refractivity contribution in [1.82, 2.24) is 9.97 Å². The van der Waals surface area contributed by atoms with Crippen molar-refractivity contribution >= 4 is 11.2 Å². The van der Waals surface area contributed by atoms with Crippen molar-refractivity contribution < 1.29 is 4.42 Å². The molecule has 0 saturated carbocycles. The van der Waals surface area contributed by atoms with Crippen LogP contribution in [0.3, 0.4) is 0 Å². The molecule has 0 radical (unpaired) electrons. The Bertz CT molecular complexity index is 686. The zero-order valence-electron chi connectivity index (χ0n) is 9.77. The molecule has 0 saturated heterocycles. The van der Waals surface area contributed by atoms with Crippen molar-refractivity contribution in [2.45, 2.75) is 13.8 Å². The van der Waals surface area contributed by atoms with E-state index in [4.69, 9.17) is 4.42 Å². The molecule has 0 unspecified atom stereocenters. The van der Waals surface area contributed by atoms with Crippen LogP contribution in [0.4, 0.5) is 0 Å². The molecule has 0 aliphatic heterocycles. The molecular weight excluding hydrogens is 212 g/mol. The number of rotatable bonds is 1. The van der Waals surface area contributed by atoms with Gasteiger partial charge in [0, 0.05) is 12.5 Å². The molecule has 0 amide bonds. The number of benzene rings is 1. The maximum absolute atomic E-state index is 5.41. The molecule has 1 aromatic carbocycles. The molecule has 2 heterocycles. The van der Waals surface area contributed by atoms with Crippen LogP contribution in [0.15, 0.2) is 40.8 Å². The van der Waals surface area contributed by atoms with E-state index < -0.39 is 0 Å². The van der Waals surface area contributed by atoms with Gasteiger partial charge in [0.1, 0.15) is 0 Å². The summed E-state index contributed by atoms with van der Waals surface area (Å²) in [6.45, 7) is 3.90. The fourth-order valence-corrected chi connectivity index (χ4v) is 1.89. The molecule has 0 bridgehead atoms. The maximum Gasteiger partial charge on any atom is 0.199 e. The fourth-order valence-electron chi connectivity index (χ4n) is 1.89. The highest BCUT2D eigenvalue weighted by molar-refractivity contribution is 5.73. The van der Waals surface area contributed by atoms with Gasteiger partial charge >= 0.3 is 0 Å². The van der Waals surface area contributed by atoms with Crippen LogP contribution in [0.2, 0.25) is 0 Å². The van der Waals surface area contributed by atoms with Crippen molar-refractivity contribution in [2.75, 3.05) is 0 Å². The van der Waals surface area contributed by atoms with Gasteiger partial charge in [-0.15, -0.1) is 0 Å². The molecule has 3 rings (SSSR count). The Balaban J connectivity index is 2.17. The van der Waals surface area contributed by atoms with Crippen LogP contribution in [0.25, 0.3) is 22.5 Å². The molecule has 0 atom stereocenters. The Morgan fingerprint density at radius 2 is 1.88 bits per heavy atom. The summed E-state index contributed by atoms with van der Waals surface area (Å²) in [7, 11) is 0. The topological polar surface area (TPSA) is 38.9 Å². The number of hydrogen-bond acceptors (Lipinski definition) is 3. The number of pyridine rings is 1. The second-order valence-electron chi connectivity index (χ2n) is 4.12. The van der Waals surface area contributed by atoms with Gasteiger partial charge in [-0.25, -0.2) is 4.98 Å². The molecule has 2 aromatic heterocycles. The number of aromatic nitrogens is 2. The summed E-state index contributed by atoms with van der Waals surface area (Å²) in [6, 6.07) is 12.1. The molecule has 3 aromatic rings. The highest BCUT2D eigenvalue weighted by Gasteiger charge is 2.06. The summed E-state index contributed by atoms with van der Waals surface area (Å²) in [5.41, 5.74) is 4.66. The molecule has 0 aliphatic carbocycles. The number of hydrogen-bond donors (Lipinski definition) is 0. The molecule has 0 N–H and O–H groups in total. The summed E-state index contributed by atoms with van der Waals surface area (Å²) < 4.78 is 5.41. The first-order valence-corrected chi connectivity index (χ1v) is 5.53. The lowest BCUT2D eigenvalue weighted by molar-refractivity contribution is 0.561. The second-order valence-corrected chi connectivity index (χ2v) is 4.12. The molecule has 0 fully saturated rings. The Labute approximate surface area is 99.1 Å². The van der Waals surface area contributed by atoms with Gasteiger partial charge in [-0.2, -0.15) is 4.98 Å². The zero-order chi connectivity index (χ0) is 11.8. The summed E-state index contributed by atoms with van der Waals surface area (Å²) >= 11 is 0. The predicted molar refractivity (Wildman–Crippen MR) is 66.7 cm³/mol. The number of aryl methyl sites for hydroxylation is 2. The van der Waals surface area contributed by atoms with Gasteiger partial charge in [0.25, 0.3) is 0 Å². The van der Waals surface area contributed by atoms with Crippen LogP contribution in [0.1, 0.15) is 11.5 Å². The summed E-state index contributed by atoms with van der Waals surface area (Å²) in [5.74, 6) is 0.647. The number of nitrogens with zero attached hydrogens (tertiary/aromatic N) is 2. The Hall–Kier alpha value is -2.16. The second kappa shape index (κ2) is 3.70. The van der Waals surface area contributed by atoms with Crippen LogP contribution in [0, 0.1) is 13.8 Å². The van der Waals surface area contributed by atoms with Crippen LogP contribution in [-0.4, -0.2) is 9.97 Å². The minimum Gasteiger partial charge on any atom is -0.439 e. The van der Waals surface area contributed by atoms with E-state index in [0.29, 0.717) is 11.5 Å². The van der Waals surface area contributed by atoms with E-state index in [9.17, 15) is 0 Å². The van der Waals surface area contributed by atoms with Crippen LogP contribution in [0.5, 0.6) is 0 Å². The van der Waals surface area contributed by atoms with E-state index in [2.05, 4.69) is 29.0 Å². The highest BCUT2D eigenvalue weighted by atomic mass is 16.3. The van der Waals surface area contributed by atoms with Gasteiger partial charge in [0.05, 0.1) is 5.69 Å². The maximum atomic E-state index is 5.41. The average Bonchev–Trinajstić information content (AvgIpc) is 2.68. The normalized spacial score (nSPS) is 10.9. The summed E-state index contributed by atoms with van der Waals surface area (Å²) in [5, 5.41) is 0. The van der Waals surface area contributed by atoms with E-state index in [-0.39, 0.29) is 0 Å². The monoisotopic (exact) mass is 224 g/mol. The van der Waals surface area contributed by atoms with Gasteiger partial charge in [0.15, 0.2) is 17.1 Å². The zero-order valence-corrected chi connectivity index (χ0v) is 9.77. The third-order valence-electron chi connectivity index (χ3n) is 2.67. The van der Waals surface area contributed by atoms with Crippen molar-refractivity contribution in [1.29, 1.82) is 0 Å². The van der Waals surface area contributed by atoms with Gasteiger partial charge in [-0.1, -0.05) is 23.8 Å². The number of oxazole rings is 1. The lowest BCUT2D eigenvalue weighted by atomic mass is 10.1. The van der Waals surface area contributed by atoms with E-state index in [1.54, 1.807) is 0 Å². The Kier molecular flexibility index (Phi) is 2.18. The van der Waals surface area contributed by atoms with E-state index in [1.165, 1.54) is 5.56 Å². The Morgan fingerprint density at radius 3 is 2.71 bits per heavy atom.